The van der Waals surface area contributed by atoms with Crippen molar-refractivity contribution in [3.05, 3.63) is 0 Å². The molecule has 24 heteroatoms. The molecule has 4 fully saturated rings. The van der Waals surface area contributed by atoms with E-state index in [4.69, 9.17) is 80.3 Å². The van der Waals surface area contributed by atoms with Crippen LogP contribution in [0.3, 0.4) is 0 Å². The average molecular weight is 713 g/mol. The first-order valence-corrected chi connectivity index (χ1v) is 16.0. The predicted molar refractivity (Wildman–Crippen MR) is 153 cm³/mol. The van der Waals surface area contributed by atoms with E-state index >= 15 is 0 Å². The summed E-state index contributed by atoms with van der Waals surface area (Å²) in [5.74, 6) is 0. The molecule has 47 heavy (non-hydrogen) atoms. The molecular formula is C23H48N6O17S. The second-order valence-corrected chi connectivity index (χ2v) is 12.6. The molecule has 0 aromatic rings. The van der Waals surface area contributed by atoms with Crippen molar-refractivity contribution >= 4 is 10.4 Å². The van der Waals surface area contributed by atoms with Gasteiger partial charge < -0.3 is 98.6 Å². The van der Waals surface area contributed by atoms with Gasteiger partial charge in [0, 0.05) is 25.2 Å². The average Bonchev–Trinajstić information content (AvgIpc) is 3.30. The van der Waals surface area contributed by atoms with Gasteiger partial charge in [0.1, 0.15) is 67.1 Å². The molecule has 19 atom stereocenters. The van der Waals surface area contributed by atoms with Gasteiger partial charge in [0.15, 0.2) is 18.9 Å². The Hall–Kier alpha value is -0.890. The van der Waals surface area contributed by atoms with E-state index in [-0.39, 0.29) is 19.5 Å². The molecule has 23 nitrogen and oxygen atoms in total. The van der Waals surface area contributed by atoms with Crippen LogP contribution < -0.4 is 34.4 Å². The maximum atomic E-state index is 11.1. The monoisotopic (exact) mass is 712 g/mol. The van der Waals surface area contributed by atoms with Crippen LogP contribution in [0.25, 0.3) is 0 Å². The van der Waals surface area contributed by atoms with E-state index in [1.165, 1.54) is 0 Å². The van der Waals surface area contributed by atoms with Crippen molar-refractivity contribution in [3.8, 4) is 0 Å². The topological polar surface area (TPSA) is 428 Å². The van der Waals surface area contributed by atoms with E-state index in [1.54, 1.807) is 0 Å². The van der Waals surface area contributed by atoms with E-state index < -0.39 is 133 Å². The van der Waals surface area contributed by atoms with Crippen LogP contribution in [-0.2, 0) is 38.8 Å². The third-order valence-electron chi connectivity index (χ3n) is 8.37. The summed E-state index contributed by atoms with van der Waals surface area (Å²) in [5, 5.41) is 73.0. The number of rotatable bonds is 9. The molecule has 0 bridgehead atoms. The van der Waals surface area contributed by atoms with Crippen molar-refractivity contribution in [1.82, 2.24) is 0 Å². The number of ether oxygens (including phenoxy) is 6. The van der Waals surface area contributed by atoms with E-state index in [9.17, 15) is 35.7 Å². The fraction of sp³-hybridized carbons (Fsp3) is 1.00. The number of hydrogen-bond donors (Lipinski definition) is 15. The molecule has 4 aliphatic rings. The Morgan fingerprint density at radius 2 is 0.979 bits per heavy atom. The van der Waals surface area contributed by atoms with Crippen molar-refractivity contribution in [2.24, 2.45) is 34.4 Å². The highest BCUT2D eigenvalue weighted by molar-refractivity contribution is 7.79. The van der Waals surface area contributed by atoms with Crippen LogP contribution in [0.1, 0.15) is 6.42 Å². The second-order valence-electron chi connectivity index (χ2n) is 11.7. The van der Waals surface area contributed by atoms with Crippen LogP contribution >= 0.6 is 0 Å². The smallest absolute Gasteiger partial charge is 0.394 e. The maximum absolute atomic E-state index is 11.1. The van der Waals surface area contributed by atoms with Gasteiger partial charge in [-0.25, -0.2) is 0 Å². The van der Waals surface area contributed by atoms with Crippen molar-refractivity contribution in [1.29, 1.82) is 0 Å². The zero-order valence-corrected chi connectivity index (χ0v) is 25.8. The molecule has 3 heterocycles. The van der Waals surface area contributed by atoms with Crippen LogP contribution in [-0.4, -0.2) is 189 Å². The van der Waals surface area contributed by atoms with Crippen LogP contribution in [0.4, 0.5) is 0 Å². The lowest BCUT2D eigenvalue weighted by Crippen LogP contribution is -2.68. The van der Waals surface area contributed by atoms with Gasteiger partial charge in [-0.3, -0.25) is 9.11 Å². The molecule has 0 radical (unpaired) electrons. The molecule has 4 rings (SSSR count). The molecule has 0 spiro atoms. The highest BCUT2D eigenvalue weighted by Crippen LogP contribution is 2.34. The molecule has 278 valence electrons. The Labute approximate surface area is 269 Å². The summed E-state index contributed by atoms with van der Waals surface area (Å²) in [6.07, 6.45) is -19.8. The first-order chi connectivity index (χ1) is 21.8. The standard InChI is InChI=1S/C23H46N6O13.H2O4S/c24-2-7-13(32)15(34)10(28)21(37-7)40-18-6(27)1-5(26)12(31)20(18)42-23-17(36)19(9(4-30)39-23)41-22-11(29)16(35)14(33)8(3-25)38-22;1-5(2,3)4/h5-23,30-36H,1-4,24-29H2;(H2,1,2,3,4). The van der Waals surface area contributed by atoms with Crippen LogP contribution in [0.5, 0.6) is 0 Å². The summed E-state index contributed by atoms with van der Waals surface area (Å²) >= 11 is 0. The molecular weight excluding hydrogens is 664 g/mol. The van der Waals surface area contributed by atoms with E-state index in [0.29, 0.717) is 0 Å². The fourth-order valence-corrected chi connectivity index (χ4v) is 5.74. The summed E-state index contributed by atoms with van der Waals surface area (Å²) < 4.78 is 66.2. The Morgan fingerprint density at radius 1 is 0.574 bits per heavy atom. The van der Waals surface area contributed by atoms with Gasteiger partial charge in [0.25, 0.3) is 0 Å². The summed E-state index contributed by atoms with van der Waals surface area (Å²) in [6, 6.07) is -4.18. The second kappa shape index (κ2) is 16.9. The van der Waals surface area contributed by atoms with Gasteiger partial charge in [-0.15, -0.1) is 0 Å². The Balaban J connectivity index is 0.00000111. The van der Waals surface area contributed by atoms with E-state index in [2.05, 4.69) is 0 Å². The minimum atomic E-state index is -4.67. The minimum Gasteiger partial charge on any atom is -0.394 e. The number of aliphatic hydroxyl groups excluding tert-OH is 7. The molecule has 3 aliphatic heterocycles. The Bertz CT molecular complexity index is 1080. The SMILES string of the molecule is NCC1OC(OC2C(CO)OC(OC3C(O)C(N)CC(N)C3OC3OC(CN)C(O)C(O)C3N)C2O)C(N)C(O)C1O.O=S(=O)(O)O. The number of hydrogen-bond acceptors (Lipinski definition) is 21. The number of aliphatic hydroxyl groups is 7. The third-order valence-corrected chi connectivity index (χ3v) is 8.37. The lowest BCUT2D eigenvalue weighted by atomic mass is 9.84. The molecule has 1 saturated carbocycles. The zero-order chi connectivity index (χ0) is 35.5. The van der Waals surface area contributed by atoms with Crippen LogP contribution in [0.15, 0.2) is 0 Å². The van der Waals surface area contributed by atoms with Crippen molar-refractivity contribution in [3.63, 3.8) is 0 Å². The normalized spacial score (nSPS) is 49.3. The summed E-state index contributed by atoms with van der Waals surface area (Å²) in [4.78, 5) is 0. The zero-order valence-electron chi connectivity index (χ0n) is 25.0. The fourth-order valence-electron chi connectivity index (χ4n) is 5.74. The Morgan fingerprint density at radius 3 is 1.40 bits per heavy atom. The van der Waals surface area contributed by atoms with Gasteiger partial charge >= 0.3 is 10.4 Å². The maximum Gasteiger partial charge on any atom is 0.394 e. The molecule has 3 saturated heterocycles. The lowest BCUT2D eigenvalue weighted by Gasteiger charge is -2.47. The largest absolute Gasteiger partial charge is 0.394 e. The van der Waals surface area contributed by atoms with Crippen molar-refractivity contribution < 1.29 is 81.7 Å². The molecule has 0 amide bonds. The third kappa shape index (κ3) is 9.67. The van der Waals surface area contributed by atoms with Crippen molar-refractivity contribution in [2.75, 3.05) is 19.7 Å². The van der Waals surface area contributed by atoms with E-state index in [0.717, 1.165) is 0 Å². The van der Waals surface area contributed by atoms with Gasteiger partial charge in [-0.2, -0.15) is 8.42 Å². The van der Waals surface area contributed by atoms with Gasteiger partial charge in [0.05, 0.1) is 24.8 Å². The first kappa shape index (κ1) is 40.5. The summed E-state index contributed by atoms with van der Waals surface area (Å²) in [7, 11) is -4.67. The highest BCUT2D eigenvalue weighted by atomic mass is 32.3. The molecule has 0 aromatic heterocycles. The Kier molecular flexibility index (Phi) is 14.6. The summed E-state index contributed by atoms with van der Waals surface area (Å²) in [5.41, 5.74) is 35.6. The first-order valence-electron chi connectivity index (χ1n) is 14.6. The highest BCUT2D eigenvalue weighted by Gasteiger charge is 2.54. The lowest BCUT2D eigenvalue weighted by molar-refractivity contribution is -0.306. The molecule has 21 N–H and O–H groups in total. The molecule has 1 aliphatic carbocycles. The van der Waals surface area contributed by atoms with Gasteiger partial charge in [-0.1, -0.05) is 0 Å². The predicted octanol–water partition coefficient (Wildman–Crippen LogP) is -9.55. The molecule has 0 aromatic carbocycles. The van der Waals surface area contributed by atoms with Crippen molar-refractivity contribution in [2.45, 2.75) is 123 Å². The molecule has 19 unspecified atom stereocenters. The van der Waals surface area contributed by atoms with Crippen LogP contribution in [0, 0.1) is 0 Å². The summed E-state index contributed by atoms with van der Waals surface area (Å²) in [6.45, 7) is -0.967. The number of nitrogens with two attached hydrogens (primary N) is 6. The van der Waals surface area contributed by atoms with Gasteiger partial charge in [-0.05, 0) is 6.42 Å². The minimum absolute atomic E-state index is 0.0889. The quantitative estimate of drug-likeness (QED) is 0.0986. The van der Waals surface area contributed by atoms with Gasteiger partial charge in [0.2, 0.25) is 0 Å². The van der Waals surface area contributed by atoms with Crippen LogP contribution in [0.2, 0.25) is 0 Å². The van der Waals surface area contributed by atoms with E-state index in [1.807, 2.05) is 0 Å².